The minimum Gasteiger partial charge on any atom is -0.326 e. The van der Waals surface area contributed by atoms with Crippen LogP contribution in [-0.2, 0) is 11.3 Å². The van der Waals surface area contributed by atoms with Gasteiger partial charge >= 0.3 is 0 Å². The van der Waals surface area contributed by atoms with Crippen LogP contribution < -0.4 is 10.6 Å². The standard InChI is InChI=1S/C18H29N3O.2ClH/c1-15-5-4-12-21(13-15)14-16-7-9-17(10-8-16)20-18(22)6-3-11-19-2;;/h7-10,15,19H,3-6,11-14H2,1-2H3,(H,20,22);2*1H. The van der Waals surface area contributed by atoms with Gasteiger partial charge in [0.15, 0.2) is 0 Å². The summed E-state index contributed by atoms with van der Waals surface area (Å²) in [7, 11) is 1.90. The number of anilines is 1. The molecule has 24 heavy (non-hydrogen) atoms. The summed E-state index contributed by atoms with van der Waals surface area (Å²) in [5.74, 6) is 0.901. The summed E-state index contributed by atoms with van der Waals surface area (Å²) in [4.78, 5) is 14.3. The maximum Gasteiger partial charge on any atom is 0.224 e. The van der Waals surface area contributed by atoms with Crippen molar-refractivity contribution in [1.29, 1.82) is 0 Å². The maximum atomic E-state index is 11.8. The molecule has 1 amide bonds. The quantitative estimate of drug-likeness (QED) is 0.714. The molecule has 0 aliphatic carbocycles. The van der Waals surface area contributed by atoms with Crippen LogP contribution >= 0.6 is 24.8 Å². The average molecular weight is 376 g/mol. The number of nitrogens with one attached hydrogen (secondary N) is 2. The van der Waals surface area contributed by atoms with E-state index in [2.05, 4.69) is 34.6 Å². The highest BCUT2D eigenvalue weighted by Crippen LogP contribution is 2.18. The number of amides is 1. The van der Waals surface area contributed by atoms with Crippen LogP contribution in [-0.4, -0.2) is 37.5 Å². The second kappa shape index (κ2) is 12.5. The number of piperidine rings is 1. The highest BCUT2D eigenvalue weighted by molar-refractivity contribution is 5.90. The van der Waals surface area contributed by atoms with Crippen LogP contribution in [0, 0.1) is 5.92 Å². The Bertz CT molecular complexity index is 468. The zero-order valence-electron chi connectivity index (χ0n) is 14.7. The minimum absolute atomic E-state index is 0. The summed E-state index contributed by atoms with van der Waals surface area (Å²) >= 11 is 0. The fourth-order valence-corrected chi connectivity index (χ4v) is 3.03. The van der Waals surface area contributed by atoms with Crippen LogP contribution in [0.1, 0.15) is 38.2 Å². The second-order valence-corrected chi connectivity index (χ2v) is 6.43. The Hall–Kier alpha value is -0.810. The molecule has 0 saturated carbocycles. The highest BCUT2D eigenvalue weighted by atomic mass is 35.5. The predicted octanol–water partition coefficient (Wildman–Crippen LogP) is 3.70. The molecule has 0 spiro atoms. The number of rotatable bonds is 7. The van der Waals surface area contributed by atoms with Crippen molar-refractivity contribution in [1.82, 2.24) is 10.2 Å². The molecule has 138 valence electrons. The molecule has 1 unspecified atom stereocenters. The summed E-state index contributed by atoms with van der Waals surface area (Å²) < 4.78 is 0. The first-order chi connectivity index (χ1) is 10.7. The number of likely N-dealkylation sites (tertiary alicyclic amines) is 1. The van der Waals surface area contributed by atoms with Gasteiger partial charge in [0.05, 0.1) is 0 Å². The van der Waals surface area contributed by atoms with E-state index in [1.54, 1.807) is 0 Å². The van der Waals surface area contributed by atoms with Gasteiger partial charge in [0, 0.05) is 25.2 Å². The van der Waals surface area contributed by atoms with Crippen molar-refractivity contribution in [2.24, 2.45) is 5.92 Å². The number of hydrogen-bond acceptors (Lipinski definition) is 3. The largest absolute Gasteiger partial charge is 0.326 e. The lowest BCUT2D eigenvalue weighted by atomic mass is 10.00. The molecule has 1 atom stereocenters. The topological polar surface area (TPSA) is 44.4 Å². The van der Waals surface area contributed by atoms with E-state index in [4.69, 9.17) is 0 Å². The first-order valence-electron chi connectivity index (χ1n) is 8.43. The summed E-state index contributed by atoms with van der Waals surface area (Å²) in [6.45, 7) is 6.62. The van der Waals surface area contributed by atoms with Crippen LogP contribution in [0.15, 0.2) is 24.3 Å². The summed E-state index contributed by atoms with van der Waals surface area (Å²) in [5, 5.41) is 6.01. The third kappa shape index (κ3) is 8.34. The molecule has 1 fully saturated rings. The van der Waals surface area contributed by atoms with Crippen molar-refractivity contribution in [3.63, 3.8) is 0 Å². The van der Waals surface area contributed by atoms with Gasteiger partial charge < -0.3 is 10.6 Å². The highest BCUT2D eigenvalue weighted by Gasteiger charge is 2.16. The first-order valence-corrected chi connectivity index (χ1v) is 8.43. The molecule has 1 aromatic carbocycles. The Kier molecular flexibility index (Phi) is 12.1. The number of benzene rings is 1. The van der Waals surface area contributed by atoms with Crippen LogP contribution in [0.5, 0.6) is 0 Å². The smallest absolute Gasteiger partial charge is 0.224 e. The molecular formula is C18H31Cl2N3O. The van der Waals surface area contributed by atoms with Crippen LogP contribution in [0.2, 0.25) is 0 Å². The molecular weight excluding hydrogens is 345 g/mol. The Morgan fingerprint density at radius 3 is 2.58 bits per heavy atom. The van der Waals surface area contributed by atoms with Gasteiger partial charge in [-0.3, -0.25) is 9.69 Å². The van der Waals surface area contributed by atoms with Gasteiger partial charge in [-0.05, 0) is 63.0 Å². The van der Waals surface area contributed by atoms with Crippen LogP contribution in [0.25, 0.3) is 0 Å². The summed E-state index contributed by atoms with van der Waals surface area (Å²) in [6, 6.07) is 8.28. The maximum absolute atomic E-state index is 11.8. The van der Waals surface area contributed by atoms with Gasteiger partial charge in [0.2, 0.25) is 5.91 Å². The van der Waals surface area contributed by atoms with Crippen molar-refractivity contribution < 1.29 is 4.79 Å². The molecule has 1 aliphatic rings. The number of halogens is 2. The van der Waals surface area contributed by atoms with E-state index in [9.17, 15) is 4.79 Å². The zero-order valence-corrected chi connectivity index (χ0v) is 16.3. The van der Waals surface area contributed by atoms with Gasteiger partial charge in [0.1, 0.15) is 0 Å². The molecule has 2 rings (SSSR count). The number of carbonyl (C=O) groups is 1. The van der Waals surface area contributed by atoms with Crippen molar-refractivity contribution in [2.45, 2.75) is 39.2 Å². The van der Waals surface area contributed by atoms with Gasteiger partial charge in [0.25, 0.3) is 0 Å². The number of nitrogens with zero attached hydrogens (tertiary/aromatic N) is 1. The molecule has 1 aliphatic heterocycles. The molecule has 0 bridgehead atoms. The van der Waals surface area contributed by atoms with Crippen molar-refractivity contribution in [3.8, 4) is 0 Å². The predicted molar refractivity (Wildman–Crippen MR) is 106 cm³/mol. The fraction of sp³-hybridized carbons (Fsp3) is 0.611. The SMILES string of the molecule is CNCCCC(=O)Nc1ccc(CN2CCCC(C)C2)cc1.Cl.Cl. The number of hydrogen-bond donors (Lipinski definition) is 2. The lowest BCUT2D eigenvalue weighted by Crippen LogP contribution is -2.33. The average Bonchev–Trinajstić information content (AvgIpc) is 2.50. The third-order valence-corrected chi connectivity index (χ3v) is 4.22. The zero-order chi connectivity index (χ0) is 15.8. The van der Waals surface area contributed by atoms with Gasteiger partial charge in [-0.15, -0.1) is 24.8 Å². The second-order valence-electron chi connectivity index (χ2n) is 6.43. The lowest BCUT2D eigenvalue weighted by molar-refractivity contribution is -0.116. The van der Waals surface area contributed by atoms with E-state index in [1.807, 2.05) is 19.2 Å². The molecule has 1 heterocycles. The lowest BCUT2D eigenvalue weighted by Gasteiger charge is -2.30. The van der Waals surface area contributed by atoms with E-state index in [-0.39, 0.29) is 30.7 Å². The van der Waals surface area contributed by atoms with Crippen molar-refractivity contribution in [3.05, 3.63) is 29.8 Å². The van der Waals surface area contributed by atoms with E-state index in [0.29, 0.717) is 6.42 Å². The molecule has 2 N–H and O–H groups in total. The van der Waals surface area contributed by atoms with Crippen LogP contribution in [0.3, 0.4) is 0 Å². The van der Waals surface area contributed by atoms with E-state index in [0.717, 1.165) is 31.1 Å². The Morgan fingerprint density at radius 2 is 1.96 bits per heavy atom. The summed E-state index contributed by atoms with van der Waals surface area (Å²) in [5.41, 5.74) is 2.22. The van der Waals surface area contributed by atoms with Crippen LogP contribution in [0.4, 0.5) is 5.69 Å². The summed E-state index contributed by atoms with van der Waals surface area (Å²) in [6.07, 6.45) is 4.10. The molecule has 4 nitrogen and oxygen atoms in total. The van der Waals surface area contributed by atoms with E-state index < -0.39 is 0 Å². The van der Waals surface area contributed by atoms with Crippen molar-refractivity contribution in [2.75, 3.05) is 32.0 Å². The molecule has 0 aromatic heterocycles. The van der Waals surface area contributed by atoms with Gasteiger partial charge in [-0.1, -0.05) is 19.1 Å². The van der Waals surface area contributed by atoms with Crippen molar-refractivity contribution >= 4 is 36.4 Å². The minimum atomic E-state index is 0. The van der Waals surface area contributed by atoms with E-state index in [1.165, 1.54) is 31.5 Å². The number of carbonyl (C=O) groups excluding carboxylic acids is 1. The first kappa shape index (κ1) is 23.2. The molecule has 1 saturated heterocycles. The third-order valence-electron chi connectivity index (χ3n) is 4.22. The van der Waals surface area contributed by atoms with Gasteiger partial charge in [-0.25, -0.2) is 0 Å². The van der Waals surface area contributed by atoms with Gasteiger partial charge in [-0.2, -0.15) is 0 Å². The fourth-order valence-electron chi connectivity index (χ4n) is 3.03. The monoisotopic (exact) mass is 375 g/mol. The van der Waals surface area contributed by atoms with E-state index >= 15 is 0 Å². The Balaban J connectivity index is 0.00000264. The molecule has 0 radical (unpaired) electrons. The molecule has 6 heteroatoms. The Morgan fingerprint density at radius 1 is 1.25 bits per heavy atom. The molecule has 1 aromatic rings. The Labute approximate surface area is 158 Å². The normalized spacial score (nSPS) is 17.5.